The molecule has 0 saturated carbocycles. The van der Waals surface area contributed by atoms with E-state index in [4.69, 9.17) is 0 Å². The Labute approximate surface area is 269 Å². The molecule has 0 saturated heterocycles. The molecule has 0 aromatic carbocycles. The Bertz CT molecular complexity index is 618. The van der Waals surface area contributed by atoms with Crippen LogP contribution >= 0.6 is 0 Å². The van der Waals surface area contributed by atoms with Gasteiger partial charge in [-0.15, -0.1) is 0 Å². The predicted molar refractivity (Wildman–Crippen MR) is 189 cm³/mol. The standard InChI is InChI=1S/C39H75NO3/c1-3-5-7-9-11-13-14-15-16-17-18-19-20-21-22-23-24-25-27-29-31-33-35-39(43)40-37(36-41)38(42)34-32-30-28-26-12-10-8-6-4-2/h28,30,32,34,37-38,41-42H,3-27,29,31,33,35-36H2,1-2H3,(H,40,43)/b30-28+,34-32+/t37-,38+/m0/s1. The molecule has 1 amide bonds. The van der Waals surface area contributed by atoms with E-state index in [0.717, 1.165) is 19.3 Å². The second-order valence-electron chi connectivity index (χ2n) is 13.0. The van der Waals surface area contributed by atoms with Crippen molar-refractivity contribution >= 4 is 5.91 Å². The predicted octanol–water partition coefficient (Wildman–Crippen LogP) is 11.3. The third-order valence-corrected chi connectivity index (χ3v) is 8.74. The van der Waals surface area contributed by atoms with E-state index in [0.29, 0.717) is 6.42 Å². The van der Waals surface area contributed by atoms with Gasteiger partial charge < -0.3 is 15.5 Å². The Kier molecular flexibility index (Phi) is 34.4. The largest absolute Gasteiger partial charge is 0.394 e. The molecule has 0 aliphatic rings. The lowest BCUT2D eigenvalue weighted by atomic mass is 10.0. The van der Waals surface area contributed by atoms with Gasteiger partial charge in [0.1, 0.15) is 0 Å². The maximum Gasteiger partial charge on any atom is 0.220 e. The minimum Gasteiger partial charge on any atom is -0.394 e. The van der Waals surface area contributed by atoms with Crippen LogP contribution in [0.3, 0.4) is 0 Å². The number of hydrogen-bond donors (Lipinski definition) is 3. The molecule has 4 nitrogen and oxygen atoms in total. The monoisotopic (exact) mass is 606 g/mol. The molecule has 0 spiro atoms. The molecule has 0 bridgehead atoms. The average molecular weight is 606 g/mol. The fourth-order valence-electron chi connectivity index (χ4n) is 5.76. The molecule has 0 aliphatic carbocycles. The number of carbonyl (C=O) groups excluding carboxylic acids is 1. The number of rotatable bonds is 34. The average Bonchev–Trinajstić information content (AvgIpc) is 3.01. The minimum absolute atomic E-state index is 0.0812. The molecule has 4 heteroatoms. The van der Waals surface area contributed by atoms with Gasteiger partial charge in [0, 0.05) is 6.42 Å². The molecular weight excluding hydrogens is 530 g/mol. The molecule has 0 fully saturated rings. The van der Waals surface area contributed by atoms with Crippen LogP contribution in [0.4, 0.5) is 0 Å². The summed E-state index contributed by atoms with van der Waals surface area (Å²) >= 11 is 0. The van der Waals surface area contributed by atoms with Crippen LogP contribution in [0.1, 0.15) is 200 Å². The van der Waals surface area contributed by atoms with E-state index in [2.05, 4.69) is 25.2 Å². The number of carbonyl (C=O) groups is 1. The van der Waals surface area contributed by atoms with Gasteiger partial charge in [-0.05, 0) is 19.3 Å². The van der Waals surface area contributed by atoms with E-state index < -0.39 is 12.1 Å². The highest BCUT2D eigenvalue weighted by molar-refractivity contribution is 5.76. The highest BCUT2D eigenvalue weighted by Crippen LogP contribution is 2.15. The zero-order chi connectivity index (χ0) is 31.5. The van der Waals surface area contributed by atoms with Crippen molar-refractivity contribution in [2.75, 3.05) is 6.61 Å². The van der Waals surface area contributed by atoms with Gasteiger partial charge in [-0.1, -0.05) is 199 Å². The second-order valence-corrected chi connectivity index (χ2v) is 13.0. The third kappa shape index (κ3) is 32.1. The summed E-state index contributed by atoms with van der Waals surface area (Å²) in [4.78, 5) is 12.3. The molecule has 0 heterocycles. The first-order valence-electron chi connectivity index (χ1n) is 19.1. The molecule has 0 radical (unpaired) electrons. The first kappa shape index (κ1) is 41.9. The van der Waals surface area contributed by atoms with Gasteiger partial charge in [0.2, 0.25) is 5.91 Å². The molecule has 0 unspecified atom stereocenters. The Morgan fingerprint density at radius 1 is 0.558 bits per heavy atom. The highest BCUT2D eigenvalue weighted by Gasteiger charge is 2.17. The van der Waals surface area contributed by atoms with Gasteiger partial charge >= 0.3 is 0 Å². The van der Waals surface area contributed by atoms with E-state index in [1.165, 1.54) is 161 Å². The number of allylic oxidation sites excluding steroid dienone is 3. The first-order valence-corrected chi connectivity index (χ1v) is 19.1. The van der Waals surface area contributed by atoms with Crippen LogP contribution in [0.5, 0.6) is 0 Å². The number of nitrogens with one attached hydrogen (secondary N) is 1. The highest BCUT2D eigenvalue weighted by atomic mass is 16.3. The van der Waals surface area contributed by atoms with Gasteiger partial charge in [-0.25, -0.2) is 0 Å². The minimum atomic E-state index is -0.882. The molecule has 0 rings (SSSR count). The lowest BCUT2D eigenvalue weighted by Crippen LogP contribution is -2.45. The van der Waals surface area contributed by atoms with E-state index in [-0.39, 0.29) is 12.5 Å². The first-order chi connectivity index (χ1) is 21.2. The summed E-state index contributed by atoms with van der Waals surface area (Å²) < 4.78 is 0. The summed E-state index contributed by atoms with van der Waals surface area (Å²) in [6, 6.07) is -0.647. The zero-order valence-corrected chi connectivity index (χ0v) is 29.0. The summed E-state index contributed by atoms with van der Waals surface area (Å²) in [5, 5.41) is 22.7. The summed E-state index contributed by atoms with van der Waals surface area (Å²) in [6.45, 7) is 4.25. The fourth-order valence-corrected chi connectivity index (χ4v) is 5.76. The van der Waals surface area contributed by atoms with E-state index in [1.807, 2.05) is 12.2 Å². The van der Waals surface area contributed by atoms with Crippen molar-refractivity contribution in [3.8, 4) is 0 Å². The summed E-state index contributed by atoms with van der Waals surface area (Å²) in [5.74, 6) is -0.0812. The zero-order valence-electron chi connectivity index (χ0n) is 29.0. The van der Waals surface area contributed by atoms with Crippen LogP contribution < -0.4 is 5.32 Å². The lowest BCUT2D eigenvalue weighted by molar-refractivity contribution is -0.123. The number of hydrogen-bond acceptors (Lipinski definition) is 3. The van der Waals surface area contributed by atoms with E-state index >= 15 is 0 Å². The van der Waals surface area contributed by atoms with Crippen molar-refractivity contribution in [2.24, 2.45) is 0 Å². The molecular formula is C39H75NO3. The van der Waals surface area contributed by atoms with Crippen molar-refractivity contribution in [1.82, 2.24) is 5.32 Å². The quantitative estimate of drug-likeness (QED) is 0.0505. The van der Waals surface area contributed by atoms with Crippen molar-refractivity contribution in [3.63, 3.8) is 0 Å². The number of unbranched alkanes of at least 4 members (excludes halogenated alkanes) is 26. The third-order valence-electron chi connectivity index (χ3n) is 8.74. The number of aliphatic hydroxyl groups is 2. The summed E-state index contributed by atoms with van der Waals surface area (Å²) in [7, 11) is 0. The fraction of sp³-hybridized carbons (Fsp3) is 0.872. The van der Waals surface area contributed by atoms with Crippen LogP contribution in [0, 0.1) is 0 Å². The maximum atomic E-state index is 12.3. The van der Waals surface area contributed by atoms with Crippen LogP contribution in [-0.2, 0) is 4.79 Å². The normalized spacial score (nSPS) is 13.3. The molecule has 0 aromatic heterocycles. The Hall–Kier alpha value is -1.13. The van der Waals surface area contributed by atoms with Gasteiger partial charge in [0.05, 0.1) is 18.8 Å². The van der Waals surface area contributed by atoms with Crippen LogP contribution in [0.15, 0.2) is 24.3 Å². The second kappa shape index (κ2) is 35.4. The van der Waals surface area contributed by atoms with Crippen molar-refractivity contribution < 1.29 is 15.0 Å². The van der Waals surface area contributed by atoms with Gasteiger partial charge in [-0.2, -0.15) is 0 Å². The Morgan fingerprint density at radius 3 is 1.33 bits per heavy atom. The van der Waals surface area contributed by atoms with Crippen LogP contribution in [0.25, 0.3) is 0 Å². The topological polar surface area (TPSA) is 69.6 Å². The molecule has 2 atom stereocenters. The molecule has 0 aliphatic heterocycles. The molecule has 3 N–H and O–H groups in total. The number of amides is 1. The molecule has 0 aromatic rings. The molecule has 254 valence electrons. The van der Waals surface area contributed by atoms with Crippen LogP contribution in [-0.4, -0.2) is 34.9 Å². The van der Waals surface area contributed by atoms with Crippen LogP contribution in [0.2, 0.25) is 0 Å². The van der Waals surface area contributed by atoms with Crippen molar-refractivity contribution in [2.45, 2.75) is 212 Å². The van der Waals surface area contributed by atoms with Gasteiger partial charge in [0.15, 0.2) is 0 Å². The summed E-state index contributed by atoms with van der Waals surface area (Å²) in [6.07, 6.45) is 44.3. The summed E-state index contributed by atoms with van der Waals surface area (Å²) in [5.41, 5.74) is 0. The van der Waals surface area contributed by atoms with Gasteiger partial charge in [0.25, 0.3) is 0 Å². The Balaban J connectivity index is 3.51. The number of aliphatic hydroxyl groups excluding tert-OH is 2. The van der Waals surface area contributed by atoms with Crippen molar-refractivity contribution in [3.05, 3.63) is 24.3 Å². The maximum absolute atomic E-state index is 12.3. The Morgan fingerprint density at radius 2 is 0.930 bits per heavy atom. The van der Waals surface area contributed by atoms with E-state index in [1.54, 1.807) is 6.08 Å². The smallest absolute Gasteiger partial charge is 0.220 e. The van der Waals surface area contributed by atoms with Gasteiger partial charge in [-0.3, -0.25) is 4.79 Å². The SMILES string of the molecule is CCCCCCC/C=C/C=C/[C@@H](O)[C@H](CO)NC(=O)CCCCCCCCCCCCCCCCCCCCCCCC. The van der Waals surface area contributed by atoms with E-state index in [9.17, 15) is 15.0 Å². The van der Waals surface area contributed by atoms with Crippen molar-refractivity contribution in [1.29, 1.82) is 0 Å². The molecule has 43 heavy (non-hydrogen) atoms. The lowest BCUT2D eigenvalue weighted by Gasteiger charge is -2.19.